The Labute approximate surface area is 153 Å². The number of rotatable bonds is 7. The Balaban J connectivity index is 1.76. The Morgan fingerprint density at radius 3 is 2.42 bits per heavy atom. The maximum absolute atomic E-state index is 12.5. The fourth-order valence-electron chi connectivity index (χ4n) is 2.95. The molecule has 0 spiro atoms. The molecule has 0 heterocycles. The van der Waals surface area contributed by atoms with Gasteiger partial charge in [-0.05, 0) is 42.3 Å². The smallest absolute Gasteiger partial charge is 0.228 e. The maximum atomic E-state index is 12.5. The van der Waals surface area contributed by atoms with Gasteiger partial charge in [-0.3, -0.25) is 4.79 Å². The molecule has 0 bridgehead atoms. The highest BCUT2D eigenvalue weighted by Crippen LogP contribution is 2.30. The molecule has 134 valence electrons. The largest absolute Gasteiger partial charge is 0.490 e. The molecule has 0 radical (unpaired) electrons. The van der Waals surface area contributed by atoms with E-state index in [9.17, 15) is 4.79 Å². The van der Waals surface area contributed by atoms with Crippen molar-refractivity contribution >= 4 is 22.4 Å². The summed E-state index contributed by atoms with van der Waals surface area (Å²) in [6.45, 7) is 4.94. The molecule has 3 aromatic rings. The number of amides is 1. The third-order valence-electron chi connectivity index (χ3n) is 4.06. The van der Waals surface area contributed by atoms with Crippen molar-refractivity contribution in [3.8, 4) is 11.5 Å². The quantitative estimate of drug-likeness (QED) is 0.665. The van der Waals surface area contributed by atoms with Crippen molar-refractivity contribution < 1.29 is 14.3 Å². The second-order valence-electron chi connectivity index (χ2n) is 5.89. The number of hydrogen-bond donors (Lipinski definition) is 1. The molecular formula is C22H23NO3. The van der Waals surface area contributed by atoms with Crippen LogP contribution in [0.4, 0.5) is 5.69 Å². The van der Waals surface area contributed by atoms with Gasteiger partial charge >= 0.3 is 0 Å². The van der Waals surface area contributed by atoms with Crippen LogP contribution in [-0.2, 0) is 11.2 Å². The number of carbonyl (C=O) groups is 1. The summed E-state index contributed by atoms with van der Waals surface area (Å²) in [5, 5.41) is 5.19. The minimum atomic E-state index is -0.0621. The number of nitrogens with one attached hydrogen (secondary N) is 1. The predicted molar refractivity (Wildman–Crippen MR) is 105 cm³/mol. The topological polar surface area (TPSA) is 47.6 Å². The van der Waals surface area contributed by atoms with E-state index < -0.39 is 0 Å². The van der Waals surface area contributed by atoms with Crippen LogP contribution in [0.3, 0.4) is 0 Å². The average Bonchev–Trinajstić information content (AvgIpc) is 2.64. The van der Waals surface area contributed by atoms with Gasteiger partial charge in [-0.1, -0.05) is 42.5 Å². The highest BCUT2D eigenvalue weighted by atomic mass is 16.5. The molecule has 0 unspecified atom stereocenters. The van der Waals surface area contributed by atoms with Crippen molar-refractivity contribution in [2.45, 2.75) is 20.3 Å². The molecule has 0 fully saturated rings. The van der Waals surface area contributed by atoms with E-state index in [1.165, 1.54) is 0 Å². The lowest BCUT2D eigenvalue weighted by molar-refractivity contribution is -0.115. The Hall–Kier alpha value is -3.01. The Kier molecular flexibility index (Phi) is 5.74. The third kappa shape index (κ3) is 4.14. The minimum Gasteiger partial charge on any atom is -0.490 e. The van der Waals surface area contributed by atoms with E-state index in [0.717, 1.165) is 16.3 Å². The Morgan fingerprint density at radius 1 is 0.885 bits per heavy atom. The summed E-state index contributed by atoms with van der Waals surface area (Å²) >= 11 is 0. The van der Waals surface area contributed by atoms with Crippen LogP contribution >= 0.6 is 0 Å². The average molecular weight is 349 g/mol. The lowest BCUT2D eigenvalue weighted by atomic mass is 10.0. The van der Waals surface area contributed by atoms with Crippen molar-refractivity contribution in [3.63, 3.8) is 0 Å². The fraction of sp³-hybridized carbons (Fsp3) is 0.227. The molecule has 0 saturated carbocycles. The molecule has 0 atom stereocenters. The molecule has 26 heavy (non-hydrogen) atoms. The van der Waals surface area contributed by atoms with E-state index in [-0.39, 0.29) is 5.91 Å². The zero-order valence-corrected chi connectivity index (χ0v) is 15.1. The van der Waals surface area contributed by atoms with Gasteiger partial charge in [0.15, 0.2) is 11.5 Å². The van der Waals surface area contributed by atoms with Crippen LogP contribution in [0, 0.1) is 0 Å². The molecular weight excluding hydrogens is 326 g/mol. The number of benzene rings is 3. The first-order valence-corrected chi connectivity index (χ1v) is 8.87. The number of anilines is 1. The molecule has 0 aliphatic rings. The van der Waals surface area contributed by atoms with Crippen LogP contribution in [0.5, 0.6) is 11.5 Å². The zero-order valence-electron chi connectivity index (χ0n) is 15.1. The Morgan fingerprint density at radius 2 is 1.62 bits per heavy atom. The summed E-state index contributed by atoms with van der Waals surface area (Å²) in [7, 11) is 0. The van der Waals surface area contributed by atoms with E-state index in [0.29, 0.717) is 36.8 Å². The maximum Gasteiger partial charge on any atom is 0.228 e. The molecule has 0 saturated heterocycles. The zero-order chi connectivity index (χ0) is 18.4. The second-order valence-corrected chi connectivity index (χ2v) is 5.89. The molecule has 1 N–H and O–H groups in total. The van der Waals surface area contributed by atoms with Gasteiger partial charge in [0.1, 0.15) is 0 Å². The fourth-order valence-corrected chi connectivity index (χ4v) is 2.95. The van der Waals surface area contributed by atoms with Crippen molar-refractivity contribution in [1.82, 2.24) is 0 Å². The second kappa shape index (κ2) is 8.39. The molecule has 3 aromatic carbocycles. The van der Waals surface area contributed by atoms with E-state index in [1.807, 2.05) is 56.3 Å². The molecule has 4 heteroatoms. The Bertz CT molecular complexity index is 900. The highest BCUT2D eigenvalue weighted by molar-refractivity contribution is 5.96. The lowest BCUT2D eigenvalue weighted by Gasteiger charge is -2.13. The number of carbonyl (C=O) groups excluding carboxylic acids is 1. The summed E-state index contributed by atoms with van der Waals surface area (Å²) in [6, 6.07) is 19.6. The van der Waals surface area contributed by atoms with Gasteiger partial charge in [0.2, 0.25) is 5.91 Å². The summed E-state index contributed by atoms with van der Waals surface area (Å²) in [5.74, 6) is 1.26. The van der Waals surface area contributed by atoms with E-state index in [4.69, 9.17) is 9.47 Å². The van der Waals surface area contributed by atoms with Gasteiger partial charge in [-0.15, -0.1) is 0 Å². The van der Waals surface area contributed by atoms with Gasteiger partial charge in [0.25, 0.3) is 0 Å². The van der Waals surface area contributed by atoms with Crippen LogP contribution in [0.15, 0.2) is 60.7 Å². The molecule has 0 aliphatic heterocycles. The van der Waals surface area contributed by atoms with Crippen LogP contribution < -0.4 is 14.8 Å². The monoisotopic (exact) mass is 349 g/mol. The molecule has 0 aliphatic carbocycles. The van der Waals surface area contributed by atoms with E-state index in [1.54, 1.807) is 6.07 Å². The van der Waals surface area contributed by atoms with Gasteiger partial charge in [0.05, 0.1) is 19.6 Å². The number of ether oxygens (including phenoxy) is 2. The summed E-state index contributed by atoms with van der Waals surface area (Å²) in [6.07, 6.45) is 0.318. The third-order valence-corrected chi connectivity index (χ3v) is 4.06. The van der Waals surface area contributed by atoms with E-state index >= 15 is 0 Å². The minimum absolute atomic E-state index is 0.0621. The normalized spacial score (nSPS) is 10.5. The van der Waals surface area contributed by atoms with Gasteiger partial charge in [0, 0.05) is 11.8 Å². The van der Waals surface area contributed by atoms with Crippen molar-refractivity contribution in [1.29, 1.82) is 0 Å². The van der Waals surface area contributed by atoms with Crippen LogP contribution in [0.2, 0.25) is 0 Å². The number of hydrogen-bond acceptors (Lipinski definition) is 3. The van der Waals surface area contributed by atoms with Crippen LogP contribution in [-0.4, -0.2) is 19.1 Å². The predicted octanol–water partition coefficient (Wildman–Crippen LogP) is 4.82. The first-order chi connectivity index (χ1) is 12.7. The first-order valence-electron chi connectivity index (χ1n) is 8.87. The molecule has 3 rings (SSSR count). The molecule has 4 nitrogen and oxygen atoms in total. The highest BCUT2D eigenvalue weighted by Gasteiger charge is 2.10. The first kappa shape index (κ1) is 17.8. The van der Waals surface area contributed by atoms with Gasteiger partial charge in [-0.25, -0.2) is 0 Å². The number of fused-ring (bicyclic) bond motifs is 1. The summed E-state index contributed by atoms with van der Waals surface area (Å²) < 4.78 is 11.2. The van der Waals surface area contributed by atoms with Crippen molar-refractivity contribution in [2.24, 2.45) is 0 Å². The van der Waals surface area contributed by atoms with Gasteiger partial charge < -0.3 is 14.8 Å². The molecule has 1 amide bonds. The summed E-state index contributed by atoms with van der Waals surface area (Å²) in [4.78, 5) is 12.5. The standard InChI is InChI=1S/C22H23NO3/c1-3-25-20-13-12-18(15-21(20)26-4-2)23-22(24)14-17-10-7-9-16-8-5-6-11-19(16)17/h5-13,15H,3-4,14H2,1-2H3,(H,23,24). The van der Waals surface area contributed by atoms with E-state index in [2.05, 4.69) is 17.4 Å². The lowest BCUT2D eigenvalue weighted by Crippen LogP contribution is -2.14. The van der Waals surface area contributed by atoms with Crippen LogP contribution in [0.25, 0.3) is 10.8 Å². The van der Waals surface area contributed by atoms with Crippen molar-refractivity contribution in [2.75, 3.05) is 18.5 Å². The molecule has 0 aromatic heterocycles. The summed E-state index contributed by atoms with van der Waals surface area (Å²) in [5.41, 5.74) is 1.71. The van der Waals surface area contributed by atoms with Crippen LogP contribution in [0.1, 0.15) is 19.4 Å². The van der Waals surface area contributed by atoms with Crippen molar-refractivity contribution in [3.05, 3.63) is 66.2 Å². The SMILES string of the molecule is CCOc1ccc(NC(=O)Cc2cccc3ccccc23)cc1OCC. The van der Waals surface area contributed by atoms with Gasteiger partial charge in [-0.2, -0.15) is 0 Å².